The SMILES string of the molecule is C=CCOC(O)CC.[Na]. The number of hydrogen-bond donors (Lipinski definition) is 1. The second-order valence-corrected chi connectivity index (χ2v) is 1.48. The van der Waals surface area contributed by atoms with Crippen molar-refractivity contribution < 1.29 is 9.84 Å². The molecule has 3 heteroatoms. The van der Waals surface area contributed by atoms with Crippen LogP contribution in [0.2, 0.25) is 0 Å². The van der Waals surface area contributed by atoms with Gasteiger partial charge in [-0.05, 0) is 6.42 Å². The van der Waals surface area contributed by atoms with Gasteiger partial charge in [0.15, 0.2) is 6.29 Å². The van der Waals surface area contributed by atoms with Gasteiger partial charge in [0.05, 0.1) is 6.61 Å². The molecule has 0 aliphatic rings. The van der Waals surface area contributed by atoms with Crippen LogP contribution in [0.15, 0.2) is 12.7 Å². The van der Waals surface area contributed by atoms with Gasteiger partial charge in [0.1, 0.15) is 0 Å². The van der Waals surface area contributed by atoms with Gasteiger partial charge in [0, 0.05) is 29.6 Å². The fraction of sp³-hybridized carbons (Fsp3) is 0.667. The largest absolute Gasteiger partial charge is 0.368 e. The summed E-state index contributed by atoms with van der Waals surface area (Å²) in [5, 5.41) is 8.72. The molecule has 0 spiro atoms. The van der Waals surface area contributed by atoms with Crippen molar-refractivity contribution in [2.75, 3.05) is 6.61 Å². The molecule has 0 aromatic heterocycles. The molecule has 2 nitrogen and oxygen atoms in total. The van der Waals surface area contributed by atoms with Crippen molar-refractivity contribution in [2.45, 2.75) is 19.6 Å². The molecule has 1 unspecified atom stereocenters. The predicted octanol–water partition coefficient (Wildman–Crippen LogP) is 0.537. The summed E-state index contributed by atoms with van der Waals surface area (Å²) in [7, 11) is 0. The molecule has 1 atom stereocenters. The molecule has 49 valence electrons. The maximum absolute atomic E-state index is 8.72. The number of ether oxygens (including phenoxy) is 1. The first kappa shape index (κ1) is 12.3. The molecule has 0 amide bonds. The van der Waals surface area contributed by atoms with E-state index < -0.39 is 6.29 Å². The zero-order valence-electron chi connectivity index (χ0n) is 6.13. The van der Waals surface area contributed by atoms with E-state index in [1.165, 1.54) is 0 Å². The molecule has 0 aromatic rings. The summed E-state index contributed by atoms with van der Waals surface area (Å²) in [5.41, 5.74) is 0. The van der Waals surface area contributed by atoms with Crippen molar-refractivity contribution in [3.63, 3.8) is 0 Å². The van der Waals surface area contributed by atoms with E-state index in [0.29, 0.717) is 13.0 Å². The van der Waals surface area contributed by atoms with Crippen LogP contribution in [0.3, 0.4) is 0 Å². The van der Waals surface area contributed by atoms with Crippen LogP contribution in [-0.2, 0) is 4.74 Å². The first-order valence-electron chi connectivity index (χ1n) is 2.71. The van der Waals surface area contributed by atoms with Gasteiger partial charge >= 0.3 is 0 Å². The average molecular weight is 139 g/mol. The Morgan fingerprint density at radius 2 is 2.33 bits per heavy atom. The third kappa shape index (κ3) is 8.66. The molecule has 0 rings (SSSR count). The molecule has 9 heavy (non-hydrogen) atoms. The summed E-state index contributed by atoms with van der Waals surface area (Å²) in [6.45, 7) is 5.71. The minimum absolute atomic E-state index is 0. The summed E-state index contributed by atoms with van der Waals surface area (Å²) < 4.78 is 4.78. The maximum atomic E-state index is 8.72. The van der Waals surface area contributed by atoms with Gasteiger partial charge in [-0.15, -0.1) is 6.58 Å². The van der Waals surface area contributed by atoms with Crippen LogP contribution < -0.4 is 0 Å². The van der Waals surface area contributed by atoms with E-state index in [9.17, 15) is 0 Å². The Morgan fingerprint density at radius 1 is 1.78 bits per heavy atom. The topological polar surface area (TPSA) is 29.5 Å². The van der Waals surface area contributed by atoms with E-state index in [4.69, 9.17) is 9.84 Å². The summed E-state index contributed by atoms with van der Waals surface area (Å²) in [6.07, 6.45) is 1.63. The van der Waals surface area contributed by atoms with Gasteiger partial charge in [-0.2, -0.15) is 0 Å². The van der Waals surface area contributed by atoms with Crippen LogP contribution in [0.25, 0.3) is 0 Å². The van der Waals surface area contributed by atoms with Crippen LogP contribution >= 0.6 is 0 Å². The molecule has 0 aromatic carbocycles. The Balaban J connectivity index is 0. The van der Waals surface area contributed by atoms with Gasteiger partial charge in [-0.3, -0.25) is 0 Å². The molecule has 0 aliphatic heterocycles. The monoisotopic (exact) mass is 139 g/mol. The van der Waals surface area contributed by atoms with Crippen LogP contribution in [0.4, 0.5) is 0 Å². The normalized spacial score (nSPS) is 11.8. The van der Waals surface area contributed by atoms with E-state index in [2.05, 4.69) is 6.58 Å². The van der Waals surface area contributed by atoms with Gasteiger partial charge in [-0.1, -0.05) is 13.0 Å². The second-order valence-electron chi connectivity index (χ2n) is 1.48. The first-order chi connectivity index (χ1) is 3.81. The molecule has 0 fully saturated rings. The Bertz CT molecular complexity index is 66.1. The van der Waals surface area contributed by atoms with Crippen molar-refractivity contribution in [3.8, 4) is 0 Å². The van der Waals surface area contributed by atoms with E-state index in [1.54, 1.807) is 6.08 Å². The zero-order chi connectivity index (χ0) is 6.41. The minimum Gasteiger partial charge on any atom is -0.368 e. The molecular formula is C6H12NaO2. The summed E-state index contributed by atoms with van der Waals surface area (Å²) in [6, 6.07) is 0. The summed E-state index contributed by atoms with van der Waals surface area (Å²) in [4.78, 5) is 0. The van der Waals surface area contributed by atoms with Crippen LogP contribution in [-0.4, -0.2) is 47.6 Å². The smallest absolute Gasteiger partial charge is 0.154 e. The molecule has 0 saturated carbocycles. The Morgan fingerprint density at radius 3 is 2.67 bits per heavy atom. The Labute approximate surface area is 78.2 Å². The predicted molar refractivity (Wildman–Crippen MR) is 38.2 cm³/mol. The number of aliphatic hydroxyl groups excluding tert-OH is 1. The van der Waals surface area contributed by atoms with E-state index in [-0.39, 0.29) is 29.6 Å². The quantitative estimate of drug-likeness (QED) is 0.350. The zero-order valence-corrected chi connectivity index (χ0v) is 8.13. The van der Waals surface area contributed by atoms with Gasteiger partial charge in [-0.25, -0.2) is 0 Å². The van der Waals surface area contributed by atoms with Gasteiger partial charge in [0.25, 0.3) is 0 Å². The number of aliphatic hydroxyl groups is 1. The fourth-order valence-corrected chi connectivity index (χ4v) is 0.297. The minimum atomic E-state index is -0.618. The first-order valence-corrected chi connectivity index (χ1v) is 2.71. The third-order valence-corrected chi connectivity index (χ3v) is 0.756. The number of hydrogen-bond acceptors (Lipinski definition) is 2. The summed E-state index contributed by atoms with van der Waals surface area (Å²) >= 11 is 0. The second kappa shape index (κ2) is 8.66. The van der Waals surface area contributed by atoms with E-state index in [1.807, 2.05) is 6.92 Å². The molecule has 0 heterocycles. The molecule has 1 radical (unpaired) electrons. The Kier molecular flexibility index (Phi) is 11.9. The van der Waals surface area contributed by atoms with Crippen LogP contribution in [0.5, 0.6) is 0 Å². The van der Waals surface area contributed by atoms with Gasteiger partial charge < -0.3 is 9.84 Å². The van der Waals surface area contributed by atoms with Crippen LogP contribution in [0.1, 0.15) is 13.3 Å². The summed E-state index contributed by atoms with van der Waals surface area (Å²) in [5.74, 6) is 0. The molecule has 1 N–H and O–H groups in total. The number of rotatable bonds is 4. The molecule has 0 bridgehead atoms. The van der Waals surface area contributed by atoms with Crippen LogP contribution in [0, 0.1) is 0 Å². The van der Waals surface area contributed by atoms with Crippen molar-refractivity contribution in [1.29, 1.82) is 0 Å². The fourth-order valence-electron chi connectivity index (χ4n) is 0.297. The average Bonchev–Trinajstić information content (AvgIpc) is 1.83. The molecule has 0 saturated heterocycles. The van der Waals surface area contributed by atoms with Crippen molar-refractivity contribution in [2.24, 2.45) is 0 Å². The maximum Gasteiger partial charge on any atom is 0.154 e. The molecular weight excluding hydrogens is 127 g/mol. The van der Waals surface area contributed by atoms with Crippen molar-refractivity contribution >= 4 is 29.6 Å². The molecule has 0 aliphatic carbocycles. The van der Waals surface area contributed by atoms with Gasteiger partial charge in [0.2, 0.25) is 0 Å². The van der Waals surface area contributed by atoms with Crippen molar-refractivity contribution in [3.05, 3.63) is 12.7 Å². The van der Waals surface area contributed by atoms with Crippen molar-refractivity contribution in [1.82, 2.24) is 0 Å². The standard InChI is InChI=1S/C6H12O2.Na/c1-3-5-8-6(7)4-2;/h3,6-7H,1,4-5H2,2H3;. The van der Waals surface area contributed by atoms with E-state index >= 15 is 0 Å². The third-order valence-electron chi connectivity index (χ3n) is 0.756. The van der Waals surface area contributed by atoms with E-state index in [0.717, 1.165) is 0 Å². The Hall–Kier alpha value is 0.660.